The van der Waals surface area contributed by atoms with E-state index < -0.39 is 0 Å². The molecule has 1 heterocycles. The molecule has 1 aliphatic carbocycles. The van der Waals surface area contributed by atoms with Crippen molar-refractivity contribution >= 4 is 15.9 Å². The second-order valence-corrected chi connectivity index (χ2v) is 7.05. The Morgan fingerprint density at radius 3 is 2.96 bits per heavy atom. The zero-order chi connectivity index (χ0) is 16.5. The van der Waals surface area contributed by atoms with E-state index in [1.54, 1.807) is 0 Å². The number of hydrogen-bond acceptors (Lipinski definition) is 4. The van der Waals surface area contributed by atoms with Crippen molar-refractivity contribution < 1.29 is 4.52 Å². The van der Waals surface area contributed by atoms with Gasteiger partial charge in [-0.1, -0.05) is 45.4 Å². The summed E-state index contributed by atoms with van der Waals surface area (Å²) in [5, 5.41) is 4.12. The molecule has 0 bridgehead atoms. The lowest BCUT2D eigenvalue weighted by Crippen LogP contribution is -2.17. The zero-order valence-electron chi connectivity index (χ0n) is 13.2. The van der Waals surface area contributed by atoms with Crippen molar-refractivity contribution in [3.8, 4) is 11.5 Å². The second kappa shape index (κ2) is 6.49. The smallest absolute Gasteiger partial charge is 0.257 e. The van der Waals surface area contributed by atoms with Crippen molar-refractivity contribution in [1.29, 1.82) is 0 Å². The first kappa shape index (κ1) is 15.5. The van der Waals surface area contributed by atoms with Crippen LogP contribution in [0.4, 0.5) is 0 Å². The van der Waals surface area contributed by atoms with Gasteiger partial charge in [0.25, 0.3) is 5.89 Å². The second-order valence-electron chi connectivity index (χ2n) is 6.20. The molecule has 0 aliphatic heterocycles. The lowest BCUT2D eigenvalue weighted by atomic mass is 9.87. The minimum atomic E-state index is 0.150. The lowest BCUT2D eigenvalue weighted by Gasteiger charge is -2.22. The maximum absolute atomic E-state index is 6.18. The van der Waals surface area contributed by atoms with E-state index in [0.717, 1.165) is 34.9 Å². The van der Waals surface area contributed by atoms with Gasteiger partial charge in [0.05, 0.1) is 0 Å². The van der Waals surface area contributed by atoms with Crippen LogP contribution in [-0.4, -0.2) is 10.1 Å². The molecule has 1 unspecified atom stereocenters. The van der Waals surface area contributed by atoms with Crippen LogP contribution in [0.15, 0.2) is 51.5 Å². The minimum absolute atomic E-state index is 0.150. The highest BCUT2D eigenvalue weighted by atomic mass is 79.9. The Bertz CT molecular complexity index is 875. The van der Waals surface area contributed by atoms with Gasteiger partial charge in [-0.3, -0.25) is 0 Å². The maximum atomic E-state index is 6.18. The van der Waals surface area contributed by atoms with Crippen LogP contribution in [0.1, 0.15) is 41.4 Å². The van der Waals surface area contributed by atoms with Crippen molar-refractivity contribution in [2.24, 2.45) is 5.73 Å². The molecule has 1 aromatic heterocycles. The number of nitrogens with zero attached hydrogens (tertiary/aromatic N) is 2. The number of aryl methyl sites for hydroxylation is 1. The van der Waals surface area contributed by atoms with Crippen LogP contribution in [0, 0.1) is 0 Å². The number of benzene rings is 2. The van der Waals surface area contributed by atoms with Gasteiger partial charge in [0, 0.05) is 22.5 Å². The van der Waals surface area contributed by atoms with Gasteiger partial charge in [-0.2, -0.15) is 4.98 Å². The summed E-state index contributed by atoms with van der Waals surface area (Å²) in [5.41, 5.74) is 10.8. The summed E-state index contributed by atoms with van der Waals surface area (Å²) >= 11 is 3.55. The summed E-state index contributed by atoms with van der Waals surface area (Å²) in [5.74, 6) is 1.25. The van der Waals surface area contributed by atoms with E-state index in [2.05, 4.69) is 44.3 Å². The average molecular weight is 384 g/mol. The standard InChI is InChI=1S/C19H18BrN3O/c20-16-6-2-1-4-13(16)11-18-22-19(24-23-18)14-8-9-15-12(10-14)5-3-7-17(15)21/h1-2,4,6,8-10,17H,3,5,7,11,21H2. The highest BCUT2D eigenvalue weighted by molar-refractivity contribution is 9.10. The monoisotopic (exact) mass is 383 g/mol. The van der Waals surface area contributed by atoms with E-state index >= 15 is 0 Å². The van der Waals surface area contributed by atoms with Crippen LogP contribution in [0.3, 0.4) is 0 Å². The molecule has 0 spiro atoms. The van der Waals surface area contributed by atoms with Gasteiger partial charge in [0.2, 0.25) is 0 Å². The summed E-state index contributed by atoms with van der Waals surface area (Å²) < 4.78 is 6.53. The third-order valence-electron chi connectivity index (χ3n) is 4.53. The van der Waals surface area contributed by atoms with E-state index in [0.29, 0.717) is 18.1 Å². The van der Waals surface area contributed by atoms with Crippen molar-refractivity contribution in [2.45, 2.75) is 31.7 Å². The Labute approximate surface area is 149 Å². The molecule has 0 amide bonds. The quantitative estimate of drug-likeness (QED) is 0.726. The molecule has 0 fully saturated rings. The van der Waals surface area contributed by atoms with Gasteiger partial charge in [-0.25, -0.2) is 0 Å². The molecule has 5 heteroatoms. The van der Waals surface area contributed by atoms with Crippen LogP contribution < -0.4 is 5.73 Å². The average Bonchev–Trinajstić information content (AvgIpc) is 3.05. The van der Waals surface area contributed by atoms with Gasteiger partial charge < -0.3 is 10.3 Å². The number of nitrogens with two attached hydrogens (primary N) is 1. The van der Waals surface area contributed by atoms with Crippen LogP contribution >= 0.6 is 15.9 Å². The van der Waals surface area contributed by atoms with Crippen LogP contribution in [0.5, 0.6) is 0 Å². The third-order valence-corrected chi connectivity index (χ3v) is 5.30. The number of hydrogen-bond donors (Lipinski definition) is 1. The predicted molar refractivity (Wildman–Crippen MR) is 96.5 cm³/mol. The van der Waals surface area contributed by atoms with E-state index in [4.69, 9.17) is 10.3 Å². The lowest BCUT2D eigenvalue weighted by molar-refractivity contribution is 0.423. The van der Waals surface area contributed by atoms with Gasteiger partial charge in [0.15, 0.2) is 5.82 Å². The molecular weight excluding hydrogens is 366 g/mol. The third kappa shape index (κ3) is 3.01. The van der Waals surface area contributed by atoms with E-state index in [1.807, 2.05) is 24.3 Å². The summed E-state index contributed by atoms with van der Waals surface area (Å²) in [6.07, 6.45) is 3.90. The molecule has 3 aromatic rings. The molecule has 1 atom stereocenters. The minimum Gasteiger partial charge on any atom is -0.334 e. The van der Waals surface area contributed by atoms with Gasteiger partial charge >= 0.3 is 0 Å². The zero-order valence-corrected chi connectivity index (χ0v) is 14.8. The summed E-state index contributed by atoms with van der Waals surface area (Å²) in [4.78, 5) is 4.55. The first-order valence-electron chi connectivity index (χ1n) is 8.15. The van der Waals surface area contributed by atoms with Crippen molar-refractivity contribution in [3.05, 3.63) is 69.5 Å². The van der Waals surface area contributed by atoms with Crippen molar-refractivity contribution in [2.75, 3.05) is 0 Å². The molecular formula is C19H18BrN3O. The number of aromatic nitrogens is 2. The predicted octanol–water partition coefficient (Wildman–Crippen LogP) is 4.43. The van der Waals surface area contributed by atoms with Gasteiger partial charge in [-0.05, 0) is 54.2 Å². The van der Waals surface area contributed by atoms with Crippen molar-refractivity contribution in [1.82, 2.24) is 10.1 Å². The summed E-state index contributed by atoms with van der Waals surface area (Å²) in [7, 11) is 0. The Morgan fingerprint density at radius 2 is 2.08 bits per heavy atom. The van der Waals surface area contributed by atoms with Crippen LogP contribution in [0.2, 0.25) is 0 Å². The fourth-order valence-electron chi connectivity index (χ4n) is 3.24. The number of rotatable bonds is 3. The van der Waals surface area contributed by atoms with E-state index in [9.17, 15) is 0 Å². The molecule has 0 saturated carbocycles. The van der Waals surface area contributed by atoms with E-state index in [1.165, 1.54) is 11.1 Å². The molecule has 2 aromatic carbocycles. The molecule has 2 N–H and O–H groups in total. The summed E-state index contributed by atoms with van der Waals surface area (Å²) in [6, 6.07) is 14.5. The van der Waals surface area contributed by atoms with Crippen molar-refractivity contribution in [3.63, 3.8) is 0 Å². The Morgan fingerprint density at radius 1 is 1.21 bits per heavy atom. The largest absolute Gasteiger partial charge is 0.334 e. The molecule has 4 nitrogen and oxygen atoms in total. The van der Waals surface area contributed by atoms with Crippen LogP contribution in [-0.2, 0) is 12.8 Å². The summed E-state index contributed by atoms with van der Waals surface area (Å²) in [6.45, 7) is 0. The molecule has 122 valence electrons. The van der Waals surface area contributed by atoms with Crippen LogP contribution in [0.25, 0.3) is 11.5 Å². The fourth-order valence-corrected chi connectivity index (χ4v) is 3.67. The first-order chi connectivity index (χ1) is 11.7. The number of fused-ring (bicyclic) bond motifs is 1. The maximum Gasteiger partial charge on any atom is 0.257 e. The topological polar surface area (TPSA) is 64.9 Å². The van der Waals surface area contributed by atoms with E-state index in [-0.39, 0.29) is 6.04 Å². The highest BCUT2D eigenvalue weighted by Crippen LogP contribution is 2.31. The molecule has 24 heavy (non-hydrogen) atoms. The normalized spacial score (nSPS) is 16.8. The first-order valence-corrected chi connectivity index (χ1v) is 8.95. The number of halogens is 1. The molecule has 4 rings (SSSR count). The molecule has 0 saturated heterocycles. The van der Waals surface area contributed by atoms with Gasteiger partial charge in [0.1, 0.15) is 0 Å². The Hall–Kier alpha value is -1.98. The fraction of sp³-hybridized carbons (Fsp3) is 0.263. The SMILES string of the molecule is NC1CCCc2cc(-c3nc(Cc4ccccc4Br)no3)ccc21. The molecule has 1 aliphatic rings. The Balaban J connectivity index is 1.60. The Kier molecular flexibility index (Phi) is 4.21. The van der Waals surface area contributed by atoms with Gasteiger partial charge in [-0.15, -0.1) is 0 Å². The molecule has 0 radical (unpaired) electrons. The highest BCUT2D eigenvalue weighted by Gasteiger charge is 2.18.